The van der Waals surface area contributed by atoms with Gasteiger partial charge in [0.25, 0.3) is 0 Å². The Balaban J connectivity index is 1.90. The Morgan fingerprint density at radius 2 is 2.29 bits per heavy atom. The molecule has 1 aromatic heterocycles. The average Bonchev–Trinajstić information content (AvgIpc) is 3.04. The Bertz CT molecular complexity index is 523. The molecular weight excluding hydrogens is 256 g/mol. The Kier molecular flexibility index (Phi) is 2.77. The molecule has 94 valence electrons. The molecule has 0 spiro atoms. The molecule has 2 atom stereocenters. The Labute approximate surface area is 105 Å². The van der Waals surface area contributed by atoms with Crippen molar-refractivity contribution in [2.75, 3.05) is 6.54 Å². The SMILES string of the molecule is NCc1cc(S(=O)(=O)N2CC3CCC2C3)cs1. The molecular formula is C11H16N2O2S2. The van der Waals surface area contributed by atoms with Gasteiger partial charge in [0.2, 0.25) is 10.0 Å². The van der Waals surface area contributed by atoms with E-state index in [0.717, 1.165) is 17.7 Å². The molecule has 1 saturated carbocycles. The van der Waals surface area contributed by atoms with Gasteiger partial charge in [0, 0.05) is 29.4 Å². The van der Waals surface area contributed by atoms with E-state index in [2.05, 4.69) is 0 Å². The molecule has 0 aromatic carbocycles. The summed E-state index contributed by atoms with van der Waals surface area (Å²) in [6, 6.07) is 1.96. The van der Waals surface area contributed by atoms with Crippen molar-refractivity contribution in [2.45, 2.75) is 36.7 Å². The molecule has 2 bridgehead atoms. The standard InChI is InChI=1S/C11H16N2O2S2/c12-5-10-4-11(7-16-10)17(14,15)13-6-8-1-2-9(13)3-8/h4,7-9H,1-3,5-6,12H2. The Morgan fingerprint density at radius 1 is 1.47 bits per heavy atom. The van der Waals surface area contributed by atoms with E-state index in [4.69, 9.17) is 5.73 Å². The number of sulfonamides is 1. The van der Waals surface area contributed by atoms with E-state index in [1.165, 1.54) is 17.8 Å². The van der Waals surface area contributed by atoms with Crippen molar-refractivity contribution in [2.24, 2.45) is 11.7 Å². The average molecular weight is 272 g/mol. The first kappa shape index (κ1) is 11.6. The van der Waals surface area contributed by atoms with E-state index < -0.39 is 10.0 Å². The number of hydrogen-bond acceptors (Lipinski definition) is 4. The fourth-order valence-electron chi connectivity index (χ4n) is 2.91. The smallest absolute Gasteiger partial charge is 0.244 e. The van der Waals surface area contributed by atoms with Crippen molar-refractivity contribution in [1.29, 1.82) is 0 Å². The minimum absolute atomic E-state index is 0.242. The maximum Gasteiger partial charge on any atom is 0.244 e. The van der Waals surface area contributed by atoms with Crippen molar-refractivity contribution in [3.63, 3.8) is 0 Å². The summed E-state index contributed by atoms with van der Waals surface area (Å²) >= 11 is 1.42. The molecule has 4 nitrogen and oxygen atoms in total. The molecule has 2 unspecified atom stereocenters. The molecule has 2 aliphatic rings. The number of thiophene rings is 1. The first-order valence-electron chi connectivity index (χ1n) is 5.90. The van der Waals surface area contributed by atoms with Gasteiger partial charge in [0.15, 0.2) is 0 Å². The highest BCUT2D eigenvalue weighted by Crippen LogP contribution is 2.40. The van der Waals surface area contributed by atoms with Gasteiger partial charge in [0.05, 0.1) is 4.90 Å². The van der Waals surface area contributed by atoms with Gasteiger partial charge < -0.3 is 5.73 Å². The van der Waals surface area contributed by atoms with Crippen LogP contribution in [0.25, 0.3) is 0 Å². The van der Waals surface area contributed by atoms with Crippen LogP contribution in [-0.2, 0) is 16.6 Å². The molecule has 2 heterocycles. The minimum atomic E-state index is -3.27. The van der Waals surface area contributed by atoms with Gasteiger partial charge in [-0.2, -0.15) is 4.31 Å². The second-order valence-electron chi connectivity index (χ2n) is 4.86. The van der Waals surface area contributed by atoms with Crippen molar-refractivity contribution in [3.05, 3.63) is 16.3 Å². The highest BCUT2D eigenvalue weighted by molar-refractivity contribution is 7.89. The topological polar surface area (TPSA) is 63.4 Å². The number of rotatable bonds is 3. The lowest BCUT2D eigenvalue weighted by Crippen LogP contribution is -2.37. The van der Waals surface area contributed by atoms with Gasteiger partial charge in [-0.05, 0) is 31.2 Å². The zero-order chi connectivity index (χ0) is 12.0. The van der Waals surface area contributed by atoms with Crippen LogP contribution >= 0.6 is 11.3 Å². The second-order valence-corrected chi connectivity index (χ2v) is 7.75. The minimum Gasteiger partial charge on any atom is -0.326 e. The summed E-state index contributed by atoms with van der Waals surface area (Å²) in [5.41, 5.74) is 5.52. The summed E-state index contributed by atoms with van der Waals surface area (Å²) in [4.78, 5) is 1.35. The molecule has 6 heteroatoms. The summed E-state index contributed by atoms with van der Waals surface area (Å²) in [6.45, 7) is 1.12. The van der Waals surface area contributed by atoms with Crippen molar-refractivity contribution in [1.82, 2.24) is 4.31 Å². The van der Waals surface area contributed by atoms with E-state index in [1.807, 2.05) is 0 Å². The van der Waals surface area contributed by atoms with Crippen LogP contribution in [0.3, 0.4) is 0 Å². The predicted molar refractivity (Wildman–Crippen MR) is 67.2 cm³/mol. The van der Waals surface area contributed by atoms with Gasteiger partial charge in [-0.15, -0.1) is 11.3 Å². The first-order valence-corrected chi connectivity index (χ1v) is 8.22. The quantitative estimate of drug-likeness (QED) is 0.904. The summed E-state index contributed by atoms with van der Waals surface area (Å²) in [5.74, 6) is 0.586. The van der Waals surface area contributed by atoms with Gasteiger partial charge in [-0.3, -0.25) is 0 Å². The number of hydrogen-bond donors (Lipinski definition) is 1. The molecule has 1 saturated heterocycles. The maximum absolute atomic E-state index is 12.4. The van der Waals surface area contributed by atoms with Crippen LogP contribution < -0.4 is 5.73 Å². The monoisotopic (exact) mass is 272 g/mol. The van der Waals surface area contributed by atoms with Crippen molar-refractivity contribution < 1.29 is 8.42 Å². The largest absolute Gasteiger partial charge is 0.326 e. The van der Waals surface area contributed by atoms with E-state index >= 15 is 0 Å². The summed E-state index contributed by atoms with van der Waals surface area (Å²) in [6.07, 6.45) is 3.26. The zero-order valence-electron chi connectivity index (χ0n) is 9.50. The lowest BCUT2D eigenvalue weighted by molar-refractivity contribution is 0.333. The lowest BCUT2D eigenvalue weighted by Gasteiger charge is -2.25. The zero-order valence-corrected chi connectivity index (χ0v) is 11.1. The van der Waals surface area contributed by atoms with Crippen LogP contribution in [0.1, 0.15) is 24.1 Å². The predicted octanol–water partition coefficient (Wildman–Crippen LogP) is 1.38. The number of fused-ring (bicyclic) bond motifs is 2. The normalized spacial score (nSPS) is 29.0. The van der Waals surface area contributed by atoms with E-state index in [1.54, 1.807) is 15.8 Å². The second kappa shape index (κ2) is 4.05. The first-order chi connectivity index (χ1) is 8.11. The summed E-state index contributed by atoms with van der Waals surface area (Å²) < 4.78 is 26.6. The van der Waals surface area contributed by atoms with Crippen molar-refractivity contribution in [3.8, 4) is 0 Å². The van der Waals surface area contributed by atoms with Crippen LogP contribution in [0.15, 0.2) is 16.3 Å². The lowest BCUT2D eigenvalue weighted by atomic mass is 10.1. The molecule has 17 heavy (non-hydrogen) atoms. The number of piperidine rings is 1. The third-order valence-electron chi connectivity index (χ3n) is 3.80. The van der Waals surface area contributed by atoms with Gasteiger partial charge in [0.1, 0.15) is 0 Å². The van der Waals surface area contributed by atoms with Crippen LogP contribution in [-0.4, -0.2) is 25.3 Å². The molecule has 0 radical (unpaired) electrons. The Morgan fingerprint density at radius 3 is 2.82 bits per heavy atom. The Hall–Kier alpha value is -0.430. The highest BCUT2D eigenvalue weighted by atomic mass is 32.2. The fourth-order valence-corrected chi connectivity index (χ4v) is 5.80. The van der Waals surface area contributed by atoms with Gasteiger partial charge >= 0.3 is 0 Å². The molecule has 3 rings (SSSR count). The van der Waals surface area contributed by atoms with E-state index in [-0.39, 0.29) is 6.04 Å². The maximum atomic E-state index is 12.4. The van der Waals surface area contributed by atoms with E-state index in [9.17, 15) is 8.42 Å². The molecule has 1 aromatic rings. The molecule has 2 N–H and O–H groups in total. The van der Waals surface area contributed by atoms with Gasteiger partial charge in [-0.25, -0.2) is 8.42 Å². The number of nitrogens with zero attached hydrogens (tertiary/aromatic N) is 1. The molecule has 1 aliphatic heterocycles. The highest BCUT2D eigenvalue weighted by Gasteiger charge is 2.44. The van der Waals surface area contributed by atoms with Crippen LogP contribution in [0, 0.1) is 5.92 Å². The molecule has 1 aliphatic carbocycles. The van der Waals surface area contributed by atoms with Crippen LogP contribution in [0.4, 0.5) is 0 Å². The van der Waals surface area contributed by atoms with Crippen LogP contribution in [0.5, 0.6) is 0 Å². The van der Waals surface area contributed by atoms with Crippen LogP contribution in [0.2, 0.25) is 0 Å². The fraction of sp³-hybridized carbons (Fsp3) is 0.636. The van der Waals surface area contributed by atoms with E-state index in [0.29, 0.717) is 23.9 Å². The van der Waals surface area contributed by atoms with Gasteiger partial charge in [-0.1, -0.05) is 0 Å². The third kappa shape index (κ3) is 1.83. The summed E-state index contributed by atoms with van der Waals surface area (Å²) in [7, 11) is -3.27. The number of nitrogens with two attached hydrogens (primary N) is 1. The summed E-state index contributed by atoms with van der Waals surface area (Å²) in [5, 5.41) is 1.71. The third-order valence-corrected chi connectivity index (χ3v) is 6.80. The van der Waals surface area contributed by atoms with Crippen molar-refractivity contribution >= 4 is 21.4 Å². The molecule has 2 fully saturated rings. The molecule has 0 amide bonds.